The Morgan fingerprint density at radius 1 is 0.867 bits per heavy atom. The zero-order valence-electron chi connectivity index (χ0n) is 10.4. The van der Waals surface area contributed by atoms with E-state index >= 15 is 0 Å². The van der Waals surface area contributed by atoms with E-state index < -0.39 is 0 Å². The van der Waals surface area contributed by atoms with E-state index in [1.54, 1.807) is 0 Å². The normalized spacial score (nSPS) is 9.07. The number of allylic oxidation sites excluding steroid dienone is 4. The Morgan fingerprint density at radius 2 is 1.20 bits per heavy atom. The summed E-state index contributed by atoms with van der Waals surface area (Å²) in [5, 5.41) is 0. The summed E-state index contributed by atoms with van der Waals surface area (Å²) >= 11 is 0. The third kappa shape index (κ3) is 5.26. The van der Waals surface area contributed by atoms with Crippen molar-refractivity contribution < 1.29 is 4.74 Å². The molecule has 0 aromatic carbocycles. The van der Waals surface area contributed by atoms with Crippen LogP contribution in [-0.2, 0) is 4.74 Å². The molecular weight excluding hydrogens is 184 g/mol. The molecule has 1 heteroatoms. The lowest BCUT2D eigenvalue weighted by Crippen LogP contribution is -1.96. The molecule has 84 valence electrons. The molecule has 0 aromatic rings. The highest BCUT2D eigenvalue weighted by Gasteiger charge is 2.04. The van der Waals surface area contributed by atoms with Crippen molar-refractivity contribution in [2.75, 3.05) is 0 Å². The van der Waals surface area contributed by atoms with Crippen molar-refractivity contribution in [2.45, 2.75) is 40.5 Å². The van der Waals surface area contributed by atoms with Crippen LogP contribution in [-0.4, -0.2) is 0 Å². The van der Waals surface area contributed by atoms with Gasteiger partial charge in [-0.05, 0) is 38.8 Å². The molecule has 0 unspecified atom stereocenters. The van der Waals surface area contributed by atoms with E-state index in [2.05, 4.69) is 40.9 Å². The van der Waals surface area contributed by atoms with Gasteiger partial charge in [-0.15, -0.1) is 13.2 Å². The molecule has 0 aromatic heterocycles. The van der Waals surface area contributed by atoms with Gasteiger partial charge in [-0.25, -0.2) is 0 Å². The van der Waals surface area contributed by atoms with Crippen molar-refractivity contribution in [3.63, 3.8) is 0 Å². The molecule has 0 saturated carbocycles. The van der Waals surface area contributed by atoms with Gasteiger partial charge in [-0.1, -0.05) is 12.2 Å². The number of hydrogen-bond acceptors (Lipinski definition) is 1. The summed E-state index contributed by atoms with van der Waals surface area (Å²) in [7, 11) is 0. The Balaban J connectivity index is 4.79. The topological polar surface area (TPSA) is 9.23 Å². The second-order valence-corrected chi connectivity index (χ2v) is 3.93. The monoisotopic (exact) mass is 206 g/mol. The highest BCUT2D eigenvalue weighted by Crippen LogP contribution is 2.20. The molecule has 0 heterocycles. The molecule has 0 radical (unpaired) electrons. The minimum Gasteiger partial charge on any atom is -0.466 e. The smallest absolute Gasteiger partial charge is 0.106 e. The number of hydrogen-bond donors (Lipinski definition) is 0. The standard InChI is InChI=1S/C14H22O/c1-7-9-13(11(3)4)15-14(10-8-2)12(5)6/h7-8H,1-2,9-10H2,3-6H3. The van der Waals surface area contributed by atoms with Gasteiger partial charge in [0.1, 0.15) is 11.5 Å². The van der Waals surface area contributed by atoms with E-state index in [1.807, 2.05) is 12.2 Å². The van der Waals surface area contributed by atoms with Crippen LogP contribution in [0.15, 0.2) is 48.0 Å². The summed E-state index contributed by atoms with van der Waals surface area (Å²) in [4.78, 5) is 0. The Hall–Kier alpha value is -1.24. The molecule has 0 aliphatic carbocycles. The van der Waals surface area contributed by atoms with Crippen LogP contribution in [0.1, 0.15) is 40.5 Å². The Labute approximate surface area is 93.8 Å². The molecule has 0 bridgehead atoms. The van der Waals surface area contributed by atoms with Crippen LogP contribution >= 0.6 is 0 Å². The summed E-state index contributed by atoms with van der Waals surface area (Å²) in [5.41, 5.74) is 2.38. The molecule has 0 aliphatic heterocycles. The number of rotatable bonds is 6. The first kappa shape index (κ1) is 13.8. The first-order valence-corrected chi connectivity index (χ1v) is 5.25. The van der Waals surface area contributed by atoms with Gasteiger partial charge in [0.05, 0.1) is 0 Å². The summed E-state index contributed by atoms with van der Waals surface area (Å²) in [6.45, 7) is 15.7. The third-order valence-corrected chi connectivity index (χ3v) is 2.02. The van der Waals surface area contributed by atoms with Crippen LogP contribution < -0.4 is 0 Å². The van der Waals surface area contributed by atoms with Gasteiger partial charge in [0.2, 0.25) is 0 Å². The van der Waals surface area contributed by atoms with Gasteiger partial charge in [-0.2, -0.15) is 0 Å². The molecule has 0 aliphatic rings. The lowest BCUT2D eigenvalue weighted by Gasteiger charge is -2.14. The van der Waals surface area contributed by atoms with Crippen molar-refractivity contribution in [3.8, 4) is 0 Å². The maximum atomic E-state index is 5.87. The van der Waals surface area contributed by atoms with Crippen LogP contribution in [0.5, 0.6) is 0 Å². The fraction of sp³-hybridized carbons (Fsp3) is 0.429. The van der Waals surface area contributed by atoms with Crippen LogP contribution in [0.3, 0.4) is 0 Å². The molecular formula is C14H22O. The first-order chi connectivity index (χ1) is 7.02. The molecule has 0 rings (SSSR count). The molecule has 0 atom stereocenters. The van der Waals surface area contributed by atoms with Gasteiger partial charge in [-0.3, -0.25) is 0 Å². The van der Waals surface area contributed by atoms with Gasteiger partial charge >= 0.3 is 0 Å². The van der Waals surface area contributed by atoms with Crippen LogP contribution in [0.2, 0.25) is 0 Å². The van der Waals surface area contributed by atoms with E-state index in [-0.39, 0.29) is 0 Å². The average Bonchev–Trinajstić information content (AvgIpc) is 2.15. The molecule has 1 nitrogen and oxygen atoms in total. The minimum atomic E-state index is 0.774. The van der Waals surface area contributed by atoms with Gasteiger partial charge in [0.15, 0.2) is 0 Å². The van der Waals surface area contributed by atoms with Crippen molar-refractivity contribution in [2.24, 2.45) is 0 Å². The molecule has 0 saturated heterocycles. The molecule has 0 amide bonds. The predicted molar refractivity (Wildman–Crippen MR) is 67.5 cm³/mol. The van der Waals surface area contributed by atoms with Gasteiger partial charge in [0, 0.05) is 12.8 Å². The van der Waals surface area contributed by atoms with E-state index in [4.69, 9.17) is 4.74 Å². The minimum absolute atomic E-state index is 0.774. The lowest BCUT2D eigenvalue weighted by molar-refractivity contribution is 0.282. The van der Waals surface area contributed by atoms with Crippen LogP contribution in [0.25, 0.3) is 0 Å². The van der Waals surface area contributed by atoms with Crippen molar-refractivity contribution in [1.82, 2.24) is 0 Å². The average molecular weight is 206 g/mol. The highest BCUT2D eigenvalue weighted by molar-refractivity contribution is 5.14. The second kappa shape index (κ2) is 7.10. The first-order valence-electron chi connectivity index (χ1n) is 5.25. The van der Waals surface area contributed by atoms with Gasteiger partial charge in [0.25, 0.3) is 0 Å². The SMILES string of the molecule is C=CCC(OC(CC=C)=C(C)C)=C(C)C. The molecule has 0 N–H and O–H groups in total. The van der Waals surface area contributed by atoms with E-state index in [9.17, 15) is 0 Å². The van der Waals surface area contributed by atoms with Crippen LogP contribution in [0, 0.1) is 0 Å². The lowest BCUT2D eigenvalue weighted by atomic mass is 10.2. The zero-order valence-corrected chi connectivity index (χ0v) is 10.4. The number of ether oxygens (including phenoxy) is 1. The fourth-order valence-electron chi connectivity index (χ4n) is 1.11. The van der Waals surface area contributed by atoms with Crippen molar-refractivity contribution >= 4 is 0 Å². The van der Waals surface area contributed by atoms with Crippen molar-refractivity contribution in [1.29, 1.82) is 0 Å². The van der Waals surface area contributed by atoms with Gasteiger partial charge < -0.3 is 4.74 Å². The summed E-state index contributed by atoms with van der Waals surface area (Å²) < 4.78 is 5.87. The summed E-state index contributed by atoms with van der Waals surface area (Å²) in [6.07, 6.45) is 5.27. The largest absolute Gasteiger partial charge is 0.466 e. The van der Waals surface area contributed by atoms with Crippen molar-refractivity contribution in [3.05, 3.63) is 48.0 Å². The van der Waals surface area contributed by atoms with E-state index in [0.717, 1.165) is 24.4 Å². The van der Waals surface area contributed by atoms with E-state index in [1.165, 1.54) is 11.1 Å². The Bertz CT molecular complexity index is 254. The second-order valence-electron chi connectivity index (χ2n) is 3.93. The predicted octanol–water partition coefficient (Wildman–Crippen LogP) is 4.74. The zero-order chi connectivity index (χ0) is 11.8. The third-order valence-electron chi connectivity index (χ3n) is 2.02. The molecule has 0 spiro atoms. The fourth-order valence-corrected chi connectivity index (χ4v) is 1.11. The molecule has 15 heavy (non-hydrogen) atoms. The maximum Gasteiger partial charge on any atom is 0.106 e. The van der Waals surface area contributed by atoms with Crippen LogP contribution in [0.4, 0.5) is 0 Å². The highest BCUT2D eigenvalue weighted by atomic mass is 16.5. The van der Waals surface area contributed by atoms with E-state index in [0.29, 0.717) is 0 Å². The molecule has 0 fully saturated rings. The quantitative estimate of drug-likeness (QED) is 0.450. The summed E-state index contributed by atoms with van der Waals surface area (Å²) in [5.74, 6) is 1.98. The maximum absolute atomic E-state index is 5.87. The Kier molecular flexibility index (Phi) is 6.52. The summed E-state index contributed by atoms with van der Waals surface area (Å²) in [6, 6.07) is 0. The Morgan fingerprint density at radius 3 is 1.40 bits per heavy atom.